The van der Waals surface area contributed by atoms with Gasteiger partial charge in [0.2, 0.25) is 0 Å². The molecule has 0 aliphatic rings. The summed E-state index contributed by atoms with van der Waals surface area (Å²) in [6.07, 6.45) is 4.80. The minimum atomic E-state index is -0.382. The molecular formula is C16H13NO2. The summed E-state index contributed by atoms with van der Waals surface area (Å²) in [6.45, 7) is 0. The third kappa shape index (κ3) is 3.92. The van der Waals surface area contributed by atoms with Crippen molar-refractivity contribution in [3.63, 3.8) is 0 Å². The van der Waals surface area contributed by atoms with Crippen LogP contribution in [0, 0.1) is 10.1 Å². The Labute approximate surface area is 111 Å². The largest absolute Gasteiger partial charge is 0.270 e. The highest BCUT2D eigenvalue weighted by Crippen LogP contribution is 2.10. The molecule has 0 heterocycles. The summed E-state index contributed by atoms with van der Waals surface area (Å²) in [5, 5.41) is 11.0. The van der Waals surface area contributed by atoms with Gasteiger partial charge in [0, 0.05) is 12.2 Å². The Kier molecular flexibility index (Phi) is 4.24. The van der Waals surface area contributed by atoms with E-state index in [1.54, 1.807) is 12.2 Å². The predicted molar refractivity (Wildman–Crippen MR) is 76.9 cm³/mol. The van der Waals surface area contributed by atoms with Crippen LogP contribution in [-0.4, -0.2) is 4.92 Å². The van der Waals surface area contributed by atoms with Crippen LogP contribution < -0.4 is 0 Å². The van der Waals surface area contributed by atoms with E-state index in [0.717, 1.165) is 11.1 Å². The fraction of sp³-hybridized carbons (Fsp3) is 0. The molecular weight excluding hydrogens is 238 g/mol. The lowest BCUT2D eigenvalue weighted by atomic mass is 10.1. The third-order valence-corrected chi connectivity index (χ3v) is 2.57. The lowest BCUT2D eigenvalue weighted by Gasteiger charge is -1.94. The summed E-state index contributed by atoms with van der Waals surface area (Å²) in [6, 6.07) is 18.7. The Hall–Kier alpha value is -2.68. The topological polar surface area (TPSA) is 43.1 Å². The molecule has 2 aromatic rings. The molecule has 3 heteroatoms. The zero-order valence-electron chi connectivity index (χ0n) is 10.3. The molecule has 3 nitrogen and oxygen atoms in total. The molecule has 0 bridgehead atoms. The van der Waals surface area contributed by atoms with Crippen LogP contribution in [0.2, 0.25) is 0 Å². The number of allylic oxidation sites excluding steroid dienone is 1. The molecule has 0 spiro atoms. The van der Waals surface area contributed by atoms with E-state index in [1.165, 1.54) is 6.08 Å². The average molecular weight is 251 g/mol. The van der Waals surface area contributed by atoms with Gasteiger partial charge in [-0.2, -0.15) is 0 Å². The molecule has 2 rings (SSSR count). The fourth-order valence-corrected chi connectivity index (χ4v) is 1.63. The van der Waals surface area contributed by atoms with Crippen LogP contribution in [-0.2, 0) is 0 Å². The van der Waals surface area contributed by atoms with E-state index in [4.69, 9.17) is 0 Å². The molecule has 0 fully saturated rings. The van der Waals surface area contributed by atoms with Crippen LogP contribution in [0.4, 0.5) is 0 Å². The quantitative estimate of drug-likeness (QED) is 0.468. The van der Waals surface area contributed by atoms with Gasteiger partial charge in [0.1, 0.15) is 0 Å². The normalized spacial score (nSPS) is 11.7. The van der Waals surface area contributed by atoms with Gasteiger partial charge in [-0.25, -0.2) is 0 Å². The summed E-state index contributed by atoms with van der Waals surface area (Å²) >= 11 is 0. The first-order valence-electron chi connectivity index (χ1n) is 5.90. The molecule has 0 saturated heterocycles. The van der Waals surface area contributed by atoms with Crippen LogP contribution >= 0.6 is 0 Å². The lowest BCUT2D eigenvalue weighted by Crippen LogP contribution is -1.94. The van der Waals surface area contributed by atoms with E-state index in [1.807, 2.05) is 60.7 Å². The Morgan fingerprint density at radius 3 is 1.95 bits per heavy atom. The molecule has 0 aromatic heterocycles. The molecule has 0 amide bonds. The van der Waals surface area contributed by atoms with E-state index in [-0.39, 0.29) is 10.6 Å². The van der Waals surface area contributed by atoms with Gasteiger partial charge in [-0.3, -0.25) is 10.1 Å². The van der Waals surface area contributed by atoms with Gasteiger partial charge in [0.15, 0.2) is 0 Å². The van der Waals surface area contributed by atoms with Crippen LogP contribution in [0.25, 0.3) is 12.2 Å². The van der Waals surface area contributed by atoms with Gasteiger partial charge in [-0.05, 0) is 17.2 Å². The predicted octanol–water partition coefficient (Wildman–Crippen LogP) is 4.02. The summed E-state index contributed by atoms with van der Waals surface area (Å²) in [7, 11) is 0. The molecule has 0 aliphatic heterocycles. The average Bonchev–Trinajstić information content (AvgIpc) is 2.45. The van der Waals surface area contributed by atoms with Gasteiger partial charge in [-0.15, -0.1) is 0 Å². The van der Waals surface area contributed by atoms with Crippen molar-refractivity contribution in [1.82, 2.24) is 0 Å². The number of benzene rings is 2. The maximum absolute atomic E-state index is 11.0. The molecule has 0 saturated carbocycles. The second-order valence-electron chi connectivity index (χ2n) is 3.98. The van der Waals surface area contributed by atoms with Crippen molar-refractivity contribution >= 4 is 12.2 Å². The Bertz CT molecular complexity index is 601. The fourth-order valence-electron chi connectivity index (χ4n) is 1.63. The van der Waals surface area contributed by atoms with Gasteiger partial charge in [0.05, 0.1) is 4.92 Å². The van der Waals surface area contributed by atoms with Crippen molar-refractivity contribution in [3.05, 3.63) is 93.7 Å². The maximum Gasteiger partial charge on any atom is 0.270 e. The molecule has 2 aromatic carbocycles. The maximum atomic E-state index is 11.0. The number of rotatable bonds is 4. The lowest BCUT2D eigenvalue weighted by molar-refractivity contribution is -0.417. The summed E-state index contributed by atoms with van der Waals surface area (Å²) in [5.74, 6) is 0. The molecule has 0 radical (unpaired) electrons. The van der Waals surface area contributed by atoms with Gasteiger partial charge < -0.3 is 0 Å². The summed E-state index contributed by atoms with van der Waals surface area (Å²) in [5.41, 5.74) is 1.81. The highest BCUT2D eigenvalue weighted by atomic mass is 16.6. The van der Waals surface area contributed by atoms with E-state index in [0.29, 0.717) is 0 Å². The first-order chi connectivity index (χ1) is 9.25. The van der Waals surface area contributed by atoms with Crippen molar-refractivity contribution in [2.75, 3.05) is 0 Å². The summed E-state index contributed by atoms with van der Waals surface area (Å²) < 4.78 is 0. The van der Waals surface area contributed by atoms with Crippen LogP contribution in [0.15, 0.2) is 72.4 Å². The first kappa shape index (κ1) is 12.8. The number of hydrogen-bond donors (Lipinski definition) is 0. The smallest absolute Gasteiger partial charge is 0.258 e. The highest BCUT2D eigenvalue weighted by molar-refractivity contribution is 5.59. The molecule has 0 N–H and O–H groups in total. The zero-order chi connectivity index (χ0) is 13.5. The second kappa shape index (κ2) is 6.31. The Morgan fingerprint density at radius 1 is 0.895 bits per heavy atom. The van der Waals surface area contributed by atoms with E-state index in [9.17, 15) is 10.1 Å². The highest BCUT2D eigenvalue weighted by Gasteiger charge is 2.05. The van der Waals surface area contributed by atoms with Crippen molar-refractivity contribution in [1.29, 1.82) is 0 Å². The second-order valence-corrected chi connectivity index (χ2v) is 3.98. The van der Waals surface area contributed by atoms with Crippen LogP contribution in [0.3, 0.4) is 0 Å². The Morgan fingerprint density at radius 2 is 1.42 bits per heavy atom. The summed E-state index contributed by atoms with van der Waals surface area (Å²) in [4.78, 5) is 10.6. The van der Waals surface area contributed by atoms with Crippen molar-refractivity contribution in [2.24, 2.45) is 0 Å². The monoisotopic (exact) mass is 251 g/mol. The van der Waals surface area contributed by atoms with E-state index < -0.39 is 0 Å². The van der Waals surface area contributed by atoms with Crippen molar-refractivity contribution in [3.8, 4) is 0 Å². The van der Waals surface area contributed by atoms with Crippen molar-refractivity contribution < 1.29 is 4.92 Å². The zero-order valence-corrected chi connectivity index (χ0v) is 10.3. The molecule has 0 aliphatic carbocycles. The minimum Gasteiger partial charge on any atom is -0.258 e. The van der Waals surface area contributed by atoms with E-state index in [2.05, 4.69) is 0 Å². The number of nitrogens with zero attached hydrogens (tertiary/aromatic N) is 1. The molecule has 19 heavy (non-hydrogen) atoms. The van der Waals surface area contributed by atoms with E-state index >= 15 is 0 Å². The van der Waals surface area contributed by atoms with Crippen LogP contribution in [0.1, 0.15) is 11.1 Å². The number of hydrogen-bond acceptors (Lipinski definition) is 2. The van der Waals surface area contributed by atoms with Gasteiger partial charge >= 0.3 is 0 Å². The SMILES string of the molecule is O=[N+]([O-])C(C=Cc1ccccc1)=Cc1ccccc1. The standard InChI is InChI=1S/C16H13NO2/c18-17(19)16(13-15-9-5-2-6-10-15)12-11-14-7-3-1-4-8-14/h1-13H. The van der Waals surface area contributed by atoms with Gasteiger partial charge in [0.25, 0.3) is 5.70 Å². The first-order valence-corrected chi connectivity index (χ1v) is 5.90. The molecule has 0 atom stereocenters. The molecule has 94 valence electrons. The minimum absolute atomic E-state index is 0.0649. The Balaban J connectivity index is 2.25. The third-order valence-electron chi connectivity index (χ3n) is 2.57. The molecule has 0 unspecified atom stereocenters. The number of nitro groups is 1. The van der Waals surface area contributed by atoms with Gasteiger partial charge in [-0.1, -0.05) is 60.7 Å². The van der Waals surface area contributed by atoms with Crippen LogP contribution in [0.5, 0.6) is 0 Å². The van der Waals surface area contributed by atoms with Crippen molar-refractivity contribution in [2.45, 2.75) is 0 Å².